The van der Waals surface area contributed by atoms with E-state index in [9.17, 15) is 14.4 Å². The fourth-order valence-electron chi connectivity index (χ4n) is 4.47. The summed E-state index contributed by atoms with van der Waals surface area (Å²) in [6, 6.07) is 12.3. The number of hydrogen-bond donors (Lipinski definition) is 1. The Hall–Kier alpha value is -3.64. The van der Waals surface area contributed by atoms with Crippen molar-refractivity contribution >= 4 is 41.2 Å². The quantitative estimate of drug-likeness (QED) is 0.394. The van der Waals surface area contributed by atoms with Gasteiger partial charge in [0.2, 0.25) is 0 Å². The number of benzene rings is 2. The number of carbonyl (C=O) groups excluding carboxylic acids is 3. The Morgan fingerprint density at radius 2 is 1.71 bits per heavy atom. The highest BCUT2D eigenvalue weighted by molar-refractivity contribution is 6.40. The zero-order valence-electron chi connectivity index (χ0n) is 19.8. The number of halogens is 1. The first kappa shape index (κ1) is 23.5. The van der Waals surface area contributed by atoms with Gasteiger partial charge in [0, 0.05) is 16.4 Å². The van der Waals surface area contributed by atoms with Crippen molar-refractivity contribution < 1.29 is 14.4 Å². The topological polar surface area (TPSA) is 71.4 Å². The van der Waals surface area contributed by atoms with E-state index >= 15 is 0 Å². The summed E-state index contributed by atoms with van der Waals surface area (Å²) < 4.78 is 2.15. The average molecular weight is 476 g/mol. The number of barbiturate groups is 1. The second kappa shape index (κ2) is 8.95. The first-order chi connectivity index (χ1) is 16.1. The van der Waals surface area contributed by atoms with Crippen molar-refractivity contribution in [2.24, 2.45) is 0 Å². The Kier molecular flexibility index (Phi) is 6.19. The maximum Gasteiger partial charge on any atom is 0.335 e. The van der Waals surface area contributed by atoms with Crippen molar-refractivity contribution in [3.05, 3.63) is 86.7 Å². The smallest absolute Gasteiger partial charge is 0.317 e. The molecule has 0 unspecified atom stereocenters. The van der Waals surface area contributed by atoms with Crippen molar-refractivity contribution in [1.29, 1.82) is 0 Å². The molecule has 2 heterocycles. The van der Waals surface area contributed by atoms with Gasteiger partial charge in [-0.1, -0.05) is 42.8 Å². The zero-order chi connectivity index (χ0) is 24.7. The van der Waals surface area contributed by atoms with Crippen LogP contribution in [-0.4, -0.2) is 22.4 Å². The molecule has 34 heavy (non-hydrogen) atoms. The van der Waals surface area contributed by atoms with Crippen molar-refractivity contribution in [1.82, 2.24) is 9.88 Å². The fourth-order valence-corrected chi connectivity index (χ4v) is 4.64. The van der Waals surface area contributed by atoms with Gasteiger partial charge in [-0.25, -0.2) is 9.69 Å². The predicted octanol–water partition coefficient (Wildman–Crippen LogP) is 5.59. The van der Waals surface area contributed by atoms with Crippen LogP contribution >= 0.6 is 11.6 Å². The van der Waals surface area contributed by atoms with Gasteiger partial charge in [-0.3, -0.25) is 14.9 Å². The van der Waals surface area contributed by atoms with Gasteiger partial charge in [0.05, 0.1) is 11.4 Å². The Balaban J connectivity index is 1.83. The highest BCUT2D eigenvalue weighted by Gasteiger charge is 2.37. The third kappa shape index (κ3) is 3.84. The lowest BCUT2D eigenvalue weighted by molar-refractivity contribution is -0.122. The second-order valence-electron chi connectivity index (χ2n) is 8.44. The molecule has 7 heteroatoms. The fraction of sp³-hybridized carbons (Fsp3) is 0.222. The van der Waals surface area contributed by atoms with Gasteiger partial charge in [0.1, 0.15) is 5.57 Å². The summed E-state index contributed by atoms with van der Waals surface area (Å²) in [6.07, 6.45) is 2.43. The first-order valence-corrected chi connectivity index (χ1v) is 11.5. The van der Waals surface area contributed by atoms with E-state index in [2.05, 4.69) is 35.9 Å². The van der Waals surface area contributed by atoms with E-state index in [1.807, 2.05) is 26.0 Å². The number of imide groups is 2. The maximum absolute atomic E-state index is 13.4. The number of urea groups is 1. The van der Waals surface area contributed by atoms with E-state index in [1.165, 1.54) is 5.56 Å². The van der Waals surface area contributed by atoms with E-state index in [4.69, 9.17) is 11.6 Å². The van der Waals surface area contributed by atoms with Gasteiger partial charge in [-0.15, -0.1) is 0 Å². The number of anilines is 1. The van der Waals surface area contributed by atoms with E-state index in [1.54, 1.807) is 31.2 Å². The molecule has 1 saturated heterocycles. The zero-order valence-corrected chi connectivity index (χ0v) is 20.6. The molecule has 1 fully saturated rings. The molecule has 0 spiro atoms. The standard InChI is InChI=1S/C27H26ClN3O3/c1-6-19-10-7-9-15(2)24(19)30-16(3)13-20(18(30)5)14-21-25(32)29-27(34)31(26(21)33)23-12-8-11-22(28)17(23)4/h7-14H,6H2,1-5H3,(H,29,32,34)/b21-14+. The predicted molar refractivity (Wildman–Crippen MR) is 135 cm³/mol. The van der Waals surface area contributed by atoms with Crippen molar-refractivity contribution in [3.63, 3.8) is 0 Å². The molecule has 3 aromatic rings. The van der Waals surface area contributed by atoms with E-state index in [0.717, 1.165) is 39.5 Å². The molecule has 0 bridgehead atoms. The van der Waals surface area contributed by atoms with Crippen LogP contribution in [-0.2, 0) is 16.0 Å². The molecule has 174 valence electrons. The molecule has 0 aliphatic carbocycles. The number of amides is 4. The van der Waals surface area contributed by atoms with Gasteiger partial charge in [0.15, 0.2) is 0 Å². The number of nitrogens with zero attached hydrogens (tertiary/aromatic N) is 2. The minimum absolute atomic E-state index is 0.111. The first-order valence-electron chi connectivity index (χ1n) is 11.1. The molecule has 2 aromatic carbocycles. The molecule has 0 radical (unpaired) electrons. The third-order valence-electron chi connectivity index (χ3n) is 6.28. The summed E-state index contributed by atoms with van der Waals surface area (Å²) in [5.41, 5.74) is 6.87. The van der Waals surface area contributed by atoms with Crippen molar-refractivity contribution in [2.45, 2.75) is 41.0 Å². The van der Waals surface area contributed by atoms with Gasteiger partial charge in [0.25, 0.3) is 11.8 Å². The van der Waals surface area contributed by atoms with E-state index in [-0.39, 0.29) is 5.57 Å². The normalized spacial score (nSPS) is 15.3. The van der Waals surface area contributed by atoms with Crippen LogP contribution in [0.1, 0.15) is 40.6 Å². The van der Waals surface area contributed by atoms with Crippen molar-refractivity contribution in [2.75, 3.05) is 4.90 Å². The summed E-state index contributed by atoms with van der Waals surface area (Å²) in [6.45, 7) is 9.86. The van der Waals surface area contributed by atoms with Gasteiger partial charge >= 0.3 is 6.03 Å². The molecule has 6 nitrogen and oxygen atoms in total. The molecule has 0 atom stereocenters. The second-order valence-corrected chi connectivity index (χ2v) is 8.85. The average Bonchev–Trinajstić information content (AvgIpc) is 3.06. The summed E-state index contributed by atoms with van der Waals surface area (Å²) >= 11 is 6.21. The summed E-state index contributed by atoms with van der Waals surface area (Å²) in [4.78, 5) is 39.6. The van der Waals surface area contributed by atoms with Crippen LogP contribution < -0.4 is 10.2 Å². The molecule has 0 saturated carbocycles. The summed E-state index contributed by atoms with van der Waals surface area (Å²) in [7, 11) is 0. The summed E-state index contributed by atoms with van der Waals surface area (Å²) in [5.74, 6) is -1.41. The lowest BCUT2D eigenvalue weighted by atomic mass is 10.0. The minimum Gasteiger partial charge on any atom is -0.317 e. The Bertz CT molecular complexity index is 1380. The van der Waals surface area contributed by atoms with Crippen LogP contribution in [0.5, 0.6) is 0 Å². The number of hydrogen-bond acceptors (Lipinski definition) is 3. The number of aryl methyl sites for hydroxylation is 3. The Labute approximate surface area is 203 Å². The van der Waals surface area contributed by atoms with Gasteiger partial charge < -0.3 is 4.57 Å². The highest BCUT2D eigenvalue weighted by Crippen LogP contribution is 2.31. The highest BCUT2D eigenvalue weighted by atomic mass is 35.5. The van der Waals surface area contributed by atoms with Crippen LogP contribution in [0.25, 0.3) is 11.8 Å². The number of rotatable bonds is 4. The largest absolute Gasteiger partial charge is 0.335 e. The Morgan fingerprint density at radius 3 is 2.41 bits per heavy atom. The minimum atomic E-state index is -0.796. The Morgan fingerprint density at radius 1 is 1.00 bits per heavy atom. The molecular formula is C27H26ClN3O3. The molecule has 4 amide bonds. The molecule has 1 N–H and O–H groups in total. The van der Waals surface area contributed by atoms with E-state index < -0.39 is 17.8 Å². The number of carbonyl (C=O) groups is 3. The van der Waals surface area contributed by atoms with E-state index in [0.29, 0.717) is 16.3 Å². The van der Waals surface area contributed by atoms with Gasteiger partial charge in [-0.2, -0.15) is 0 Å². The molecule has 1 aromatic heterocycles. The van der Waals surface area contributed by atoms with Crippen molar-refractivity contribution in [3.8, 4) is 5.69 Å². The van der Waals surface area contributed by atoms with Crippen LogP contribution in [0.4, 0.5) is 10.5 Å². The van der Waals surface area contributed by atoms with Crippen LogP contribution in [0.15, 0.2) is 48.0 Å². The van der Waals surface area contributed by atoms with Crippen LogP contribution in [0.3, 0.4) is 0 Å². The number of aromatic nitrogens is 1. The van der Waals surface area contributed by atoms with Gasteiger partial charge in [-0.05, 0) is 80.6 Å². The lowest BCUT2D eigenvalue weighted by Crippen LogP contribution is -2.54. The lowest BCUT2D eigenvalue weighted by Gasteiger charge is -2.27. The van der Waals surface area contributed by atoms with Crippen LogP contribution in [0, 0.1) is 27.7 Å². The summed E-state index contributed by atoms with van der Waals surface area (Å²) in [5, 5.41) is 2.71. The maximum atomic E-state index is 13.4. The monoisotopic (exact) mass is 475 g/mol. The molecular weight excluding hydrogens is 450 g/mol. The van der Waals surface area contributed by atoms with Crippen LogP contribution in [0.2, 0.25) is 5.02 Å². The SMILES string of the molecule is CCc1cccc(C)c1-n1c(C)cc(/C=C2\C(=O)NC(=O)N(c3cccc(Cl)c3C)C2=O)c1C. The number of nitrogens with one attached hydrogen (secondary N) is 1. The molecule has 1 aliphatic rings. The third-order valence-corrected chi connectivity index (χ3v) is 6.69. The molecule has 1 aliphatic heterocycles. The number of para-hydroxylation sites is 1. The molecule has 4 rings (SSSR count).